The second kappa shape index (κ2) is 11.4. The lowest BCUT2D eigenvalue weighted by molar-refractivity contribution is -0.384. The van der Waals surface area contributed by atoms with E-state index in [2.05, 4.69) is 29.1 Å². The Morgan fingerprint density at radius 2 is 1.83 bits per heavy atom. The lowest BCUT2D eigenvalue weighted by atomic mass is 10.1. The Balaban J connectivity index is 0.00000132. The van der Waals surface area contributed by atoms with E-state index >= 15 is 0 Å². The van der Waals surface area contributed by atoms with Crippen molar-refractivity contribution in [2.75, 3.05) is 5.32 Å². The number of nitro groups is 1. The molecule has 156 valence electrons. The van der Waals surface area contributed by atoms with Crippen LogP contribution in [0.4, 0.5) is 11.5 Å². The number of nitrogens with zero attached hydrogens (tertiary/aromatic N) is 3. The summed E-state index contributed by atoms with van der Waals surface area (Å²) in [6, 6.07) is 5.26. The standard InChI is InChI=1S/C17H19N5O4.C3H8/c1-10(2)26-15-9-19-8-14(20-15)21-16(11(3)18)17(23)12-4-6-13(7-5-12)22(24)25;1-3-2/h4-10H,18H2,1-3H3,(H,20,21);3H2,1-2H3/b16-11+;. The van der Waals surface area contributed by atoms with Crippen LogP contribution in [0.15, 0.2) is 48.1 Å². The molecule has 9 nitrogen and oxygen atoms in total. The Morgan fingerprint density at radius 3 is 2.31 bits per heavy atom. The Labute approximate surface area is 170 Å². The fourth-order valence-corrected chi connectivity index (χ4v) is 2.05. The predicted molar refractivity (Wildman–Crippen MR) is 112 cm³/mol. The number of hydrogen-bond donors (Lipinski definition) is 2. The molecular formula is C20H27N5O4. The van der Waals surface area contributed by atoms with Crippen LogP contribution >= 0.6 is 0 Å². The van der Waals surface area contributed by atoms with Crippen LogP contribution in [-0.4, -0.2) is 26.8 Å². The molecule has 0 bridgehead atoms. The number of nitrogens with one attached hydrogen (secondary N) is 1. The maximum atomic E-state index is 12.7. The Kier molecular flexibility index (Phi) is 9.24. The van der Waals surface area contributed by atoms with Gasteiger partial charge in [-0.15, -0.1) is 0 Å². The molecule has 0 amide bonds. The molecule has 0 aliphatic heterocycles. The molecular weight excluding hydrogens is 374 g/mol. The molecule has 0 unspecified atom stereocenters. The molecule has 0 radical (unpaired) electrons. The smallest absolute Gasteiger partial charge is 0.269 e. The van der Waals surface area contributed by atoms with Crippen molar-refractivity contribution in [3.05, 3.63) is 63.7 Å². The molecule has 3 N–H and O–H groups in total. The molecule has 0 spiro atoms. The lowest BCUT2D eigenvalue weighted by Crippen LogP contribution is -2.18. The summed E-state index contributed by atoms with van der Waals surface area (Å²) in [5.41, 5.74) is 6.33. The first-order valence-corrected chi connectivity index (χ1v) is 9.20. The molecule has 2 aromatic rings. The van der Waals surface area contributed by atoms with Crippen LogP contribution in [0.1, 0.15) is 51.4 Å². The summed E-state index contributed by atoms with van der Waals surface area (Å²) in [4.78, 5) is 31.1. The van der Waals surface area contributed by atoms with Crippen LogP contribution in [0.2, 0.25) is 0 Å². The fraction of sp³-hybridized carbons (Fsp3) is 0.350. The van der Waals surface area contributed by atoms with Crippen molar-refractivity contribution in [1.82, 2.24) is 9.97 Å². The van der Waals surface area contributed by atoms with Crippen LogP contribution in [0.25, 0.3) is 0 Å². The first-order chi connectivity index (χ1) is 13.7. The highest BCUT2D eigenvalue weighted by Gasteiger charge is 2.17. The molecule has 1 aromatic heterocycles. The van der Waals surface area contributed by atoms with E-state index in [0.29, 0.717) is 11.7 Å². The topological polar surface area (TPSA) is 133 Å². The average Bonchev–Trinajstić information content (AvgIpc) is 2.66. The molecule has 29 heavy (non-hydrogen) atoms. The molecule has 0 saturated heterocycles. The normalized spacial score (nSPS) is 11.1. The summed E-state index contributed by atoms with van der Waals surface area (Å²) in [5.74, 6) is 0.178. The highest BCUT2D eigenvalue weighted by atomic mass is 16.6. The number of nitrogens with two attached hydrogens (primary N) is 1. The van der Waals surface area contributed by atoms with Crippen molar-refractivity contribution in [1.29, 1.82) is 0 Å². The number of carbonyl (C=O) groups is 1. The molecule has 0 atom stereocenters. The summed E-state index contributed by atoms with van der Waals surface area (Å²) in [5, 5.41) is 13.6. The number of ether oxygens (including phenoxy) is 1. The quantitative estimate of drug-likeness (QED) is 0.307. The van der Waals surface area contributed by atoms with Gasteiger partial charge in [-0.05, 0) is 32.9 Å². The van der Waals surface area contributed by atoms with Gasteiger partial charge in [0, 0.05) is 23.4 Å². The Bertz CT molecular complexity index is 859. The van der Waals surface area contributed by atoms with Crippen molar-refractivity contribution in [2.24, 2.45) is 5.73 Å². The third-order valence-corrected chi connectivity index (χ3v) is 3.18. The number of aromatic nitrogens is 2. The number of Topliss-reactive ketones (excluding diaryl/α,β-unsaturated/α-hetero) is 1. The number of allylic oxidation sites excluding steroid dienone is 2. The number of nitro benzene ring substituents is 1. The van der Waals surface area contributed by atoms with Crippen LogP contribution in [0.3, 0.4) is 0 Å². The Morgan fingerprint density at radius 1 is 1.24 bits per heavy atom. The molecule has 0 aliphatic carbocycles. The first-order valence-electron chi connectivity index (χ1n) is 9.20. The summed E-state index contributed by atoms with van der Waals surface area (Å²) in [6.45, 7) is 9.53. The van der Waals surface area contributed by atoms with Gasteiger partial charge in [0.1, 0.15) is 5.70 Å². The van der Waals surface area contributed by atoms with Crippen LogP contribution in [-0.2, 0) is 0 Å². The van der Waals surface area contributed by atoms with E-state index in [1.807, 2.05) is 13.8 Å². The van der Waals surface area contributed by atoms with Crippen LogP contribution < -0.4 is 15.8 Å². The number of ketones is 1. The van der Waals surface area contributed by atoms with E-state index in [9.17, 15) is 14.9 Å². The molecule has 0 aliphatic rings. The summed E-state index contributed by atoms with van der Waals surface area (Å²) >= 11 is 0. The third-order valence-electron chi connectivity index (χ3n) is 3.18. The zero-order valence-corrected chi connectivity index (χ0v) is 17.3. The van der Waals surface area contributed by atoms with Crippen molar-refractivity contribution >= 4 is 17.3 Å². The summed E-state index contributed by atoms with van der Waals surface area (Å²) in [7, 11) is 0. The van der Waals surface area contributed by atoms with Crippen molar-refractivity contribution in [3.63, 3.8) is 0 Å². The van der Waals surface area contributed by atoms with Gasteiger partial charge in [-0.25, -0.2) is 0 Å². The molecule has 2 rings (SSSR count). The number of benzene rings is 1. The molecule has 9 heteroatoms. The van der Waals surface area contributed by atoms with Gasteiger partial charge in [0.15, 0.2) is 5.82 Å². The van der Waals surface area contributed by atoms with Gasteiger partial charge in [0.2, 0.25) is 11.7 Å². The van der Waals surface area contributed by atoms with E-state index in [-0.39, 0.29) is 28.7 Å². The molecule has 0 fully saturated rings. The number of rotatable bonds is 7. The Hall–Kier alpha value is -3.49. The molecule has 1 heterocycles. The van der Waals surface area contributed by atoms with E-state index in [0.717, 1.165) is 0 Å². The second-order valence-corrected chi connectivity index (χ2v) is 6.43. The largest absolute Gasteiger partial charge is 0.474 e. The first kappa shape index (κ1) is 23.5. The number of carbonyl (C=O) groups excluding carboxylic acids is 1. The van der Waals surface area contributed by atoms with Gasteiger partial charge in [-0.3, -0.25) is 19.9 Å². The van der Waals surface area contributed by atoms with E-state index in [4.69, 9.17) is 10.5 Å². The monoisotopic (exact) mass is 401 g/mol. The maximum Gasteiger partial charge on any atom is 0.269 e. The highest BCUT2D eigenvalue weighted by Crippen LogP contribution is 2.18. The predicted octanol–water partition coefficient (Wildman–Crippen LogP) is 4.07. The SMILES string of the molecule is C/C(N)=C(\Nc1cncc(OC(C)C)n1)C(=O)c1ccc([N+](=O)[O-])cc1.CCC. The van der Waals surface area contributed by atoms with Gasteiger partial charge in [0.25, 0.3) is 5.69 Å². The zero-order chi connectivity index (χ0) is 22.0. The van der Waals surface area contributed by atoms with E-state index in [1.165, 1.54) is 43.1 Å². The van der Waals surface area contributed by atoms with Crippen LogP contribution in [0, 0.1) is 10.1 Å². The van der Waals surface area contributed by atoms with Crippen molar-refractivity contribution in [2.45, 2.75) is 47.1 Å². The van der Waals surface area contributed by atoms with Crippen LogP contribution in [0.5, 0.6) is 5.88 Å². The number of non-ortho nitro benzene ring substituents is 1. The van der Waals surface area contributed by atoms with Gasteiger partial charge >= 0.3 is 0 Å². The minimum Gasteiger partial charge on any atom is -0.474 e. The minimum atomic E-state index is -0.534. The maximum absolute atomic E-state index is 12.7. The highest BCUT2D eigenvalue weighted by molar-refractivity contribution is 6.10. The average molecular weight is 401 g/mol. The summed E-state index contributed by atoms with van der Waals surface area (Å²) in [6.07, 6.45) is 4.06. The fourth-order valence-electron chi connectivity index (χ4n) is 2.05. The van der Waals surface area contributed by atoms with Crippen molar-refractivity contribution in [3.8, 4) is 5.88 Å². The molecule has 0 saturated carbocycles. The van der Waals surface area contributed by atoms with E-state index < -0.39 is 10.7 Å². The lowest BCUT2D eigenvalue weighted by Gasteiger charge is -2.13. The van der Waals surface area contributed by atoms with Gasteiger partial charge in [-0.1, -0.05) is 20.3 Å². The number of anilines is 1. The second-order valence-electron chi connectivity index (χ2n) is 6.43. The third kappa shape index (κ3) is 7.57. The zero-order valence-electron chi connectivity index (χ0n) is 17.3. The van der Waals surface area contributed by atoms with Crippen molar-refractivity contribution < 1.29 is 14.5 Å². The van der Waals surface area contributed by atoms with E-state index in [1.54, 1.807) is 6.92 Å². The van der Waals surface area contributed by atoms with Gasteiger partial charge in [0.05, 0.1) is 23.4 Å². The number of hydrogen-bond acceptors (Lipinski definition) is 8. The minimum absolute atomic E-state index is 0.0763. The molecule has 1 aromatic carbocycles. The van der Waals surface area contributed by atoms with Gasteiger partial charge < -0.3 is 15.8 Å². The summed E-state index contributed by atoms with van der Waals surface area (Å²) < 4.78 is 5.47. The van der Waals surface area contributed by atoms with Gasteiger partial charge in [-0.2, -0.15) is 4.98 Å².